The highest BCUT2D eigenvalue weighted by Crippen LogP contribution is 2.16. The van der Waals surface area contributed by atoms with Gasteiger partial charge in [0, 0.05) is 11.8 Å². The van der Waals surface area contributed by atoms with Crippen molar-refractivity contribution in [1.82, 2.24) is 15.2 Å². The van der Waals surface area contributed by atoms with Crippen molar-refractivity contribution in [3.05, 3.63) is 21.1 Å². The van der Waals surface area contributed by atoms with Gasteiger partial charge in [-0.2, -0.15) is 0 Å². The van der Waals surface area contributed by atoms with Gasteiger partial charge in [-0.25, -0.2) is 4.98 Å². The van der Waals surface area contributed by atoms with Gasteiger partial charge in [0.15, 0.2) is 0 Å². The van der Waals surface area contributed by atoms with Gasteiger partial charge in [0.25, 0.3) is 5.91 Å². The van der Waals surface area contributed by atoms with Crippen molar-refractivity contribution in [2.75, 3.05) is 11.9 Å². The molecule has 17 heavy (non-hydrogen) atoms. The summed E-state index contributed by atoms with van der Waals surface area (Å²) >= 11 is 2.76. The Labute approximate surface area is 106 Å². The third-order valence-corrected chi connectivity index (χ3v) is 3.55. The summed E-state index contributed by atoms with van der Waals surface area (Å²) in [5.74, 6) is -0.263. The molecular formula is C9H11N5OS2. The Morgan fingerprint density at radius 3 is 3.00 bits per heavy atom. The zero-order valence-electron chi connectivity index (χ0n) is 9.14. The molecule has 90 valence electrons. The van der Waals surface area contributed by atoms with Crippen LogP contribution in [0.2, 0.25) is 0 Å². The van der Waals surface area contributed by atoms with Gasteiger partial charge < -0.3 is 5.73 Å². The van der Waals surface area contributed by atoms with E-state index in [1.54, 1.807) is 5.38 Å². The maximum Gasteiger partial charge on any atom is 0.276 e. The monoisotopic (exact) mass is 269 g/mol. The van der Waals surface area contributed by atoms with E-state index in [1.807, 2.05) is 6.92 Å². The first-order valence-corrected chi connectivity index (χ1v) is 6.64. The number of hydrogen-bond acceptors (Lipinski definition) is 7. The molecule has 2 rings (SSSR count). The predicted octanol–water partition coefficient (Wildman–Crippen LogP) is 1.06. The van der Waals surface area contributed by atoms with Crippen LogP contribution in [-0.4, -0.2) is 27.6 Å². The molecule has 2 heterocycles. The predicted molar refractivity (Wildman–Crippen MR) is 67.5 cm³/mol. The van der Waals surface area contributed by atoms with Crippen LogP contribution in [0.3, 0.4) is 0 Å². The second kappa shape index (κ2) is 5.30. The largest absolute Gasteiger partial charge is 0.330 e. The maximum atomic E-state index is 11.8. The summed E-state index contributed by atoms with van der Waals surface area (Å²) in [6.07, 6.45) is 0.690. The number of carbonyl (C=O) groups excluding carboxylic acids is 1. The van der Waals surface area contributed by atoms with Crippen molar-refractivity contribution in [2.45, 2.75) is 13.3 Å². The number of anilines is 1. The molecule has 0 bridgehead atoms. The van der Waals surface area contributed by atoms with Crippen LogP contribution in [0.1, 0.15) is 20.5 Å². The minimum atomic E-state index is -0.263. The number of aryl methyl sites for hydroxylation is 1. The third kappa shape index (κ3) is 3.05. The van der Waals surface area contributed by atoms with Crippen LogP contribution in [0.15, 0.2) is 5.38 Å². The summed E-state index contributed by atoms with van der Waals surface area (Å²) in [4.78, 5) is 16.0. The molecule has 2 aromatic rings. The summed E-state index contributed by atoms with van der Waals surface area (Å²) in [6, 6.07) is 0. The SMILES string of the molecule is Cc1nnc(NC(=O)c2csc(CCN)n2)s1. The lowest BCUT2D eigenvalue weighted by Crippen LogP contribution is -2.12. The van der Waals surface area contributed by atoms with Crippen molar-refractivity contribution < 1.29 is 4.79 Å². The molecule has 0 radical (unpaired) electrons. The molecule has 0 aliphatic carbocycles. The number of thiazole rings is 1. The Hall–Kier alpha value is -1.38. The molecule has 6 nitrogen and oxygen atoms in total. The fourth-order valence-electron chi connectivity index (χ4n) is 1.16. The topological polar surface area (TPSA) is 93.8 Å². The van der Waals surface area contributed by atoms with Crippen LogP contribution < -0.4 is 11.1 Å². The van der Waals surface area contributed by atoms with Gasteiger partial charge in [-0.15, -0.1) is 21.5 Å². The highest BCUT2D eigenvalue weighted by atomic mass is 32.1. The molecule has 0 atom stereocenters. The third-order valence-electron chi connectivity index (χ3n) is 1.89. The van der Waals surface area contributed by atoms with Crippen molar-refractivity contribution >= 4 is 33.7 Å². The van der Waals surface area contributed by atoms with E-state index in [4.69, 9.17) is 5.73 Å². The smallest absolute Gasteiger partial charge is 0.276 e. The second-order valence-electron chi connectivity index (χ2n) is 3.25. The normalized spacial score (nSPS) is 10.5. The summed E-state index contributed by atoms with van der Waals surface area (Å²) in [5, 5.41) is 14.2. The number of carbonyl (C=O) groups is 1. The molecule has 0 aliphatic heterocycles. The molecule has 0 aliphatic rings. The first kappa shape index (κ1) is 12.1. The van der Waals surface area contributed by atoms with E-state index >= 15 is 0 Å². The molecular weight excluding hydrogens is 258 g/mol. The number of rotatable bonds is 4. The number of hydrogen-bond donors (Lipinski definition) is 2. The standard InChI is InChI=1S/C9H11N5OS2/c1-5-13-14-9(17-5)12-8(15)6-4-16-7(11-6)2-3-10/h4H,2-3,10H2,1H3,(H,12,14,15). The van der Waals surface area contributed by atoms with Gasteiger partial charge in [-0.1, -0.05) is 11.3 Å². The molecule has 3 N–H and O–H groups in total. The molecule has 0 fully saturated rings. The number of amides is 1. The molecule has 0 spiro atoms. The van der Waals surface area contributed by atoms with Crippen molar-refractivity contribution in [2.24, 2.45) is 5.73 Å². The summed E-state index contributed by atoms with van der Waals surface area (Å²) in [7, 11) is 0. The average molecular weight is 269 g/mol. The van der Waals surface area contributed by atoms with Gasteiger partial charge in [0.1, 0.15) is 10.7 Å². The van der Waals surface area contributed by atoms with E-state index in [9.17, 15) is 4.79 Å². The minimum absolute atomic E-state index is 0.263. The number of nitrogens with two attached hydrogens (primary N) is 1. The Morgan fingerprint density at radius 1 is 1.53 bits per heavy atom. The fourth-order valence-corrected chi connectivity index (χ4v) is 2.54. The van der Waals surface area contributed by atoms with Crippen molar-refractivity contribution in [1.29, 1.82) is 0 Å². The van der Waals surface area contributed by atoms with Gasteiger partial charge in [0.05, 0.1) is 5.01 Å². The fraction of sp³-hybridized carbons (Fsp3) is 0.333. The number of nitrogens with one attached hydrogen (secondary N) is 1. The molecule has 0 saturated heterocycles. The van der Waals surface area contributed by atoms with Crippen LogP contribution in [0, 0.1) is 6.92 Å². The van der Waals surface area contributed by atoms with Crippen molar-refractivity contribution in [3.8, 4) is 0 Å². The maximum absolute atomic E-state index is 11.8. The molecule has 0 unspecified atom stereocenters. The second-order valence-corrected chi connectivity index (χ2v) is 5.37. The van der Waals surface area contributed by atoms with Gasteiger partial charge in [-0.3, -0.25) is 10.1 Å². The first-order valence-electron chi connectivity index (χ1n) is 4.95. The van der Waals surface area contributed by atoms with Gasteiger partial charge >= 0.3 is 0 Å². The van der Waals surface area contributed by atoms with E-state index < -0.39 is 0 Å². The molecule has 1 amide bonds. The molecule has 0 aromatic carbocycles. The van der Waals surface area contributed by atoms with Crippen LogP contribution in [0.4, 0.5) is 5.13 Å². The van der Waals surface area contributed by atoms with E-state index in [2.05, 4.69) is 20.5 Å². The Morgan fingerprint density at radius 2 is 2.35 bits per heavy atom. The van der Waals surface area contributed by atoms with E-state index in [-0.39, 0.29) is 5.91 Å². The lowest BCUT2D eigenvalue weighted by atomic mass is 10.4. The van der Waals surface area contributed by atoms with Crippen LogP contribution in [-0.2, 0) is 6.42 Å². The zero-order valence-corrected chi connectivity index (χ0v) is 10.8. The summed E-state index contributed by atoms with van der Waals surface area (Å²) < 4.78 is 0. The molecule has 2 aromatic heterocycles. The molecule has 8 heteroatoms. The average Bonchev–Trinajstić information content (AvgIpc) is 2.88. The lowest BCUT2D eigenvalue weighted by Gasteiger charge is -1.96. The zero-order chi connectivity index (χ0) is 12.3. The molecule has 0 saturated carbocycles. The van der Waals surface area contributed by atoms with E-state index in [0.29, 0.717) is 23.8 Å². The van der Waals surface area contributed by atoms with E-state index in [1.165, 1.54) is 22.7 Å². The first-order chi connectivity index (χ1) is 8.19. The lowest BCUT2D eigenvalue weighted by molar-refractivity contribution is 0.102. The highest BCUT2D eigenvalue weighted by molar-refractivity contribution is 7.15. The number of aromatic nitrogens is 3. The Balaban J connectivity index is 2.03. The van der Waals surface area contributed by atoms with Crippen LogP contribution in [0.25, 0.3) is 0 Å². The number of nitrogens with zero attached hydrogens (tertiary/aromatic N) is 3. The summed E-state index contributed by atoms with van der Waals surface area (Å²) in [6.45, 7) is 2.36. The van der Waals surface area contributed by atoms with Crippen LogP contribution in [0.5, 0.6) is 0 Å². The Bertz CT molecular complexity index is 521. The highest BCUT2D eigenvalue weighted by Gasteiger charge is 2.12. The summed E-state index contributed by atoms with van der Waals surface area (Å²) in [5.41, 5.74) is 5.82. The van der Waals surface area contributed by atoms with Gasteiger partial charge in [-0.05, 0) is 13.5 Å². The minimum Gasteiger partial charge on any atom is -0.330 e. The van der Waals surface area contributed by atoms with Crippen molar-refractivity contribution in [3.63, 3.8) is 0 Å². The Kier molecular flexibility index (Phi) is 3.77. The van der Waals surface area contributed by atoms with Crippen LogP contribution >= 0.6 is 22.7 Å². The van der Waals surface area contributed by atoms with E-state index in [0.717, 1.165) is 10.0 Å². The van der Waals surface area contributed by atoms with Gasteiger partial charge in [0.2, 0.25) is 5.13 Å². The quantitative estimate of drug-likeness (QED) is 0.865.